The van der Waals surface area contributed by atoms with E-state index >= 15 is 0 Å². The number of hydrogen-bond donors (Lipinski definition) is 1. The van der Waals surface area contributed by atoms with Crippen molar-refractivity contribution < 1.29 is 9.47 Å². The average Bonchev–Trinajstić information content (AvgIpc) is 3.20. The minimum absolute atomic E-state index is 0.333. The van der Waals surface area contributed by atoms with E-state index in [9.17, 15) is 0 Å². The standard InChI is InChI=1S/C21H24BrCl2N5O2/c1-3-5-8-29-21(26-27-28-29)25-12-15-9-16(22)20(19(11-15)30-4-2)31-13-14-6-7-17(23)18(24)10-14/h6-7,9-11H,3-5,8,12-13H2,1-2H3,(H,25,26,28). The van der Waals surface area contributed by atoms with Gasteiger partial charge in [0.05, 0.1) is 21.1 Å². The molecule has 2 aromatic carbocycles. The maximum absolute atomic E-state index is 6.10. The van der Waals surface area contributed by atoms with Gasteiger partial charge in [0.15, 0.2) is 11.5 Å². The maximum atomic E-state index is 6.10. The van der Waals surface area contributed by atoms with Gasteiger partial charge < -0.3 is 14.8 Å². The summed E-state index contributed by atoms with van der Waals surface area (Å²) in [5.74, 6) is 1.92. The Bertz CT molecular complexity index is 1020. The third-order valence-electron chi connectivity index (χ3n) is 4.44. The molecule has 0 saturated carbocycles. The molecule has 0 aliphatic rings. The van der Waals surface area contributed by atoms with E-state index in [-0.39, 0.29) is 0 Å². The Hall–Kier alpha value is -2.03. The summed E-state index contributed by atoms with van der Waals surface area (Å²) in [6.07, 6.45) is 2.10. The minimum atomic E-state index is 0.333. The summed E-state index contributed by atoms with van der Waals surface area (Å²) >= 11 is 15.7. The first-order chi connectivity index (χ1) is 15.0. The molecule has 0 aliphatic heterocycles. The molecule has 0 radical (unpaired) electrons. The maximum Gasteiger partial charge on any atom is 0.243 e. The third kappa shape index (κ3) is 6.48. The highest BCUT2D eigenvalue weighted by molar-refractivity contribution is 9.10. The number of aryl methyl sites for hydroxylation is 1. The van der Waals surface area contributed by atoms with E-state index in [4.69, 9.17) is 32.7 Å². The van der Waals surface area contributed by atoms with Crippen molar-refractivity contribution in [1.29, 1.82) is 0 Å². The lowest BCUT2D eigenvalue weighted by Gasteiger charge is -2.16. The highest BCUT2D eigenvalue weighted by atomic mass is 79.9. The molecule has 166 valence electrons. The Labute approximate surface area is 200 Å². The third-order valence-corrected chi connectivity index (χ3v) is 5.77. The van der Waals surface area contributed by atoms with Crippen molar-refractivity contribution in [3.05, 3.63) is 56.0 Å². The number of tetrazole rings is 1. The fourth-order valence-corrected chi connectivity index (χ4v) is 3.81. The SMILES string of the molecule is CCCCn1nnnc1NCc1cc(Br)c(OCc2ccc(Cl)c(Cl)c2)c(OCC)c1. The van der Waals surface area contributed by atoms with E-state index in [0.717, 1.165) is 35.0 Å². The number of anilines is 1. The van der Waals surface area contributed by atoms with Crippen LogP contribution in [0.25, 0.3) is 0 Å². The normalized spacial score (nSPS) is 10.9. The van der Waals surface area contributed by atoms with Crippen LogP contribution in [0, 0.1) is 0 Å². The van der Waals surface area contributed by atoms with E-state index in [0.29, 0.717) is 47.3 Å². The van der Waals surface area contributed by atoms with E-state index in [1.165, 1.54) is 0 Å². The summed E-state index contributed by atoms with van der Waals surface area (Å²) in [5.41, 5.74) is 1.91. The molecule has 31 heavy (non-hydrogen) atoms. The summed E-state index contributed by atoms with van der Waals surface area (Å²) in [4.78, 5) is 0. The van der Waals surface area contributed by atoms with Gasteiger partial charge in [0.1, 0.15) is 6.61 Å². The van der Waals surface area contributed by atoms with Crippen LogP contribution in [0.15, 0.2) is 34.8 Å². The largest absolute Gasteiger partial charge is 0.490 e. The lowest BCUT2D eigenvalue weighted by atomic mass is 10.2. The second-order valence-corrected chi connectivity index (χ2v) is 8.48. The molecule has 0 amide bonds. The number of hydrogen-bond acceptors (Lipinski definition) is 6. The van der Waals surface area contributed by atoms with Gasteiger partial charge in [0.25, 0.3) is 0 Å². The van der Waals surface area contributed by atoms with Gasteiger partial charge in [-0.05, 0) is 75.1 Å². The van der Waals surface area contributed by atoms with Crippen LogP contribution in [0.1, 0.15) is 37.8 Å². The molecule has 3 aromatic rings. The summed E-state index contributed by atoms with van der Waals surface area (Å²) < 4.78 is 14.4. The monoisotopic (exact) mass is 527 g/mol. The lowest BCUT2D eigenvalue weighted by Crippen LogP contribution is -2.09. The Morgan fingerprint density at radius 2 is 1.90 bits per heavy atom. The quantitative estimate of drug-likeness (QED) is 0.322. The van der Waals surface area contributed by atoms with Crippen molar-refractivity contribution in [3.8, 4) is 11.5 Å². The number of nitrogens with one attached hydrogen (secondary N) is 1. The summed E-state index contributed by atoms with van der Waals surface area (Å²) in [6.45, 7) is 6.24. The lowest BCUT2D eigenvalue weighted by molar-refractivity contribution is 0.267. The first-order valence-corrected chi connectivity index (χ1v) is 11.6. The zero-order chi connectivity index (χ0) is 22.2. The number of unbranched alkanes of at least 4 members (excludes halogenated alkanes) is 1. The van der Waals surface area contributed by atoms with Gasteiger partial charge in [0, 0.05) is 13.1 Å². The number of aromatic nitrogens is 4. The van der Waals surface area contributed by atoms with Gasteiger partial charge >= 0.3 is 0 Å². The van der Waals surface area contributed by atoms with Crippen LogP contribution in [-0.2, 0) is 19.7 Å². The molecule has 0 spiro atoms. The van der Waals surface area contributed by atoms with Crippen molar-refractivity contribution in [2.75, 3.05) is 11.9 Å². The van der Waals surface area contributed by atoms with Gasteiger partial charge in [-0.15, -0.1) is 0 Å². The first-order valence-electron chi connectivity index (χ1n) is 10.0. The molecule has 0 atom stereocenters. The Morgan fingerprint density at radius 1 is 1.06 bits per heavy atom. The van der Waals surface area contributed by atoms with Crippen molar-refractivity contribution in [2.24, 2.45) is 0 Å². The molecule has 0 aliphatic carbocycles. The van der Waals surface area contributed by atoms with Crippen LogP contribution in [0.3, 0.4) is 0 Å². The van der Waals surface area contributed by atoms with Gasteiger partial charge in [-0.3, -0.25) is 0 Å². The number of halogens is 3. The molecule has 0 bridgehead atoms. The van der Waals surface area contributed by atoms with Crippen LogP contribution < -0.4 is 14.8 Å². The summed E-state index contributed by atoms with van der Waals surface area (Å²) in [7, 11) is 0. The topological polar surface area (TPSA) is 74.1 Å². The molecule has 3 rings (SSSR count). The number of rotatable bonds is 11. The highest BCUT2D eigenvalue weighted by Crippen LogP contribution is 2.38. The first kappa shape index (κ1) is 23.6. The number of benzene rings is 2. The van der Waals surface area contributed by atoms with Crippen LogP contribution in [0.2, 0.25) is 10.0 Å². The second kappa shape index (κ2) is 11.5. The van der Waals surface area contributed by atoms with Crippen molar-refractivity contribution in [2.45, 2.75) is 46.4 Å². The molecule has 7 nitrogen and oxygen atoms in total. The molecular formula is C21H24BrCl2N5O2. The molecule has 0 unspecified atom stereocenters. The smallest absolute Gasteiger partial charge is 0.243 e. The molecule has 1 heterocycles. The van der Waals surface area contributed by atoms with Crippen LogP contribution in [0.5, 0.6) is 11.5 Å². The van der Waals surface area contributed by atoms with Crippen molar-refractivity contribution in [3.63, 3.8) is 0 Å². The van der Waals surface area contributed by atoms with E-state index < -0.39 is 0 Å². The Kier molecular flexibility index (Phi) is 8.80. The van der Waals surface area contributed by atoms with Crippen LogP contribution >= 0.6 is 39.1 Å². The summed E-state index contributed by atoms with van der Waals surface area (Å²) in [5, 5.41) is 16.1. The fourth-order valence-electron chi connectivity index (χ4n) is 2.88. The molecule has 1 aromatic heterocycles. The van der Waals surface area contributed by atoms with E-state index in [1.54, 1.807) is 16.8 Å². The molecule has 1 N–H and O–H groups in total. The van der Waals surface area contributed by atoms with E-state index in [2.05, 4.69) is 43.7 Å². The zero-order valence-corrected chi connectivity index (χ0v) is 20.5. The zero-order valence-electron chi connectivity index (χ0n) is 17.4. The van der Waals surface area contributed by atoms with Crippen LogP contribution in [-0.4, -0.2) is 26.8 Å². The molecular weight excluding hydrogens is 505 g/mol. The van der Waals surface area contributed by atoms with Gasteiger partial charge in [-0.2, -0.15) is 0 Å². The van der Waals surface area contributed by atoms with E-state index in [1.807, 2.05) is 25.1 Å². The van der Waals surface area contributed by atoms with Crippen LogP contribution in [0.4, 0.5) is 5.95 Å². The minimum Gasteiger partial charge on any atom is -0.490 e. The van der Waals surface area contributed by atoms with Crippen molar-refractivity contribution >= 4 is 45.1 Å². The number of ether oxygens (including phenoxy) is 2. The highest BCUT2D eigenvalue weighted by Gasteiger charge is 2.14. The van der Waals surface area contributed by atoms with Gasteiger partial charge in [-0.1, -0.05) is 47.7 Å². The second-order valence-electron chi connectivity index (χ2n) is 6.81. The Balaban J connectivity index is 1.72. The van der Waals surface area contributed by atoms with Crippen molar-refractivity contribution in [1.82, 2.24) is 20.2 Å². The fraction of sp³-hybridized carbons (Fsp3) is 0.381. The van der Waals surface area contributed by atoms with Gasteiger partial charge in [0.2, 0.25) is 5.95 Å². The Morgan fingerprint density at radius 3 is 2.65 bits per heavy atom. The predicted octanol–water partition coefficient (Wildman–Crippen LogP) is 6.13. The number of nitrogens with zero attached hydrogens (tertiary/aromatic N) is 4. The average molecular weight is 529 g/mol. The molecule has 0 saturated heterocycles. The molecule has 10 heteroatoms. The predicted molar refractivity (Wildman–Crippen MR) is 126 cm³/mol. The van der Waals surface area contributed by atoms with Gasteiger partial charge in [-0.25, -0.2) is 4.68 Å². The summed E-state index contributed by atoms with van der Waals surface area (Å²) in [6, 6.07) is 9.36. The molecule has 0 fully saturated rings.